The number of rotatable bonds is 38. The Labute approximate surface area is 316 Å². The molecule has 0 saturated carbocycles. The van der Waals surface area contributed by atoms with Gasteiger partial charge in [0.05, 0.1) is 13.2 Å². The second-order valence-electron chi connectivity index (χ2n) is 13.7. The van der Waals surface area contributed by atoms with Crippen molar-refractivity contribution in [3.05, 3.63) is 85.1 Å². The Bertz CT molecular complexity index is 923. The zero-order valence-corrected chi connectivity index (χ0v) is 33.3. The SMILES string of the molecule is CC/C=C\C/C=C\C/C=C\C/C=C\CCCCC(=O)OC(CO)COCCCCCCCCCCC/C=C\C/C=C\C/C=C\CCCCCCC. The Morgan fingerprint density at radius 2 is 0.882 bits per heavy atom. The van der Waals surface area contributed by atoms with Crippen LogP contribution < -0.4 is 0 Å². The van der Waals surface area contributed by atoms with E-state index in [-0.39, 0.29) is 19.2 Å². The third-order valence-electron chi connectivity index (χ3n) is 8.70. The highest BCUT2D eigenvalue weighted by Crippen LogP contribution is 2.12. The predicted octanol–water partition coefficient (Wildman–Crippen LogP) is 14.0. The number of allylic oxidation sites excluding steroid dienone is 14. The molecule has 0 spiro atoms. The molecule has 0 aliphatic heterocycles. The smallest absolute Gasteiger partial charge is 0.306 e. The summed E-state index contributed by atoms with van der Waals surface area (Å²) in [5, 5.41) is 9.59. The Kier molecular flexibility index (Phi) is 41.6. The minimum Gasteiger partial charge on any atom is -0.457 e. The number of hydrogen-bond acceptors (Lipinski definition) is 4. The Morgan fingerprint density at radius 1 is 0.490 bits per heavy atom. The molecular formula is C47H80O4. The van der Waals surface area contributed by atoms with Gasteiger partial charge in [-0.05, 0) is 89.9 Å². The van der Waals surface area contributed by atoms with Gasteiger partial charge in [0.1, 0.15) is 6.10 Å². The fraction of sp³-hybridized carbons (Fsp3) is 0.681. The second kappa shape index (κ2) is 43.7. The van der Waals surface area contributed by atoms with Crippen LogP contribution in [0.15, 0.2) is 85.1 Å². The number of esters is 1. The quantitative estimate of drug-likeness (QED) is 0.0394. The summed E-state index contributed by atoms with van der Waals surface area (Å²) in [4.78, 5) is 12.2. The molecule has 4 nitrogen and oxygen atoms in total. The molecule has 0 heterocycles. The van der Waals surface area contributed by atoms with Crippen LogP contribution in [0.1, 0.15) is 181 Å². The average Bonchev–Trinajstić information content (AvgIpc) is 3.14. The molecule has 0 radical (unpaired) electrons. The van der Waals surface area contributed by atoms with Gasteiger partial charge >= 0.3 is 5.97 Å². The molecule has 0 aromatic carbocycles. The van der Waals surface area contributed by atoms with Gasteiger partial charge < -0.3 is 14.6 Å². The van der Waals surface area contributed by atoms with Gasteiger partial charge in [0.25, 0.3) is 0 Å². The average molecular weight is 709 g/mol. The molecule has 0 aliphatic carbocycles. The van der Waals surface area contributed by atoms with Crippen LogP contribution in [0.3, 0.4) is 0 Å². The highest BCUT2D eigenvalue weighted by Gasteiger charge is 2.13. The summed E-state index contributed by atoms with van der Waals surface area (Å²) >= 11 is 0. The molecule has 0 aliphatic rings. The number of aliphatic hydroxyl groups is 1. The molecule has 0 rings (SSSR count). The predicted molar refractivity (Wildman–Crippen MR) is 223 cm³/mol. The highest BCUT2D eigenvalue weighted by molar-refractivity contribution is 5.69. The summed E-state index contributed by atoms with van der Waals surface area (Å²) < 4.78 is 11.1. The molecule has 0 bridgehead atoms. The van der Waals surface area contributed by atoms with Crippen molar-refractivity contribution < 1.29 is 19.4 Å². The lowest BCUT2D eigenvalue weighted by Crippen LogP contribution is -2.27. The summed E-state index contributed by atoms with van der Waals surface area (Å²) in [5.74, 6) is -0.246. The van der Waals surface area contributed by atoms with Crippen molar-refractivity contribution in [2.45, 2.75) is 187 Å². The van der Waals surface area contributed by atoms with Gasteiger partial charge in [0.15, 0.2) is 0 Å². The van der Waals surface area contributed by atoms with Gasteiger partial charge in [0.2, 0.25) is 0 Å². The van der Waals surface area contributed by atoms with E-state index in [1.165, 1.54) is 89.9 Å². The normalized spacial score (nSPS) is 13.2. The van der Waals surface area contributed by atoms with Crippen molar-refractivity contribution in [2.24, 2.45) is 0 Å². The van der Waals surface area contributed by atoms with Gasteiger partial charge in [0, 0.05) is 13.0 Å². The Morgan fingerprint density at radius 3 is 1.33 bits per heavy atom. The Balaban J connectivity index is 3.52. The van der Waals surface area contributed by atoms with E-state index in [4.69, 9.17) is 9.47 Å². The minimum atomic E-state index is -0.564. The molecule has 292 valence electrons. The number of hydrogen-bond donors (Lipinski definition) is 1. The fourth-order valence-corrected chi connectivity index (χ4v) is 5.56. The number of ether oxygens (including phenoxy) is 2. The maximum absolute atomic E-state index is 12.2. The largest absolute Gasteiger partial charge is 0.457 e. The molecule has 51 heavy (non-hydrogen) atoms. The van der Waals surface area contributed by atoms with E-state index in [9.17, 15) is 9.90 Å². The first-order valence-corrected chi connectivity index (χ1v) is 21.2. The highest BCUT2D eigenvalue weighted by atomic mass is 16.6. The molecule has 1 N–H and O–H groups in total. The van der Waals surface area contributed by atoms with Crippen LogP contribution in [0, 0.1) is 0 Å². The van der Waals surface area contributed by atoms with E-state index in [0.717, 1.165) is 70.6 Å². The summed E-state index contributed by atoms with van der Waals surface area (Å²) in [6, 6.07) is 0. The van der Waals surface area contributed by atoms with E-state index < -0.39 is 6.10 Å². The summed E-state index contributed by atoms with van der Waals surface area (Å²) in [5.41, 5.74) is 0. The molecule has 1 atom stereocenters. The van der Waals surface area contributed by atoms with Gasteiger partial charge in [-0.3, -0.25) is 4.79 Å². The summed E-state index contributed by atoms with van der Waals surface area (Å²) in [6.45, 7) is 5.15. The van der Waals surface area contributed by atoms with Crippen LogP contribution in [0.4, 0.5) is 0 Å². The van der Waals surface area contributed by atoms with E-state index >= 15 is 0 Å². The standard InChI is InChI=1S/C47H80O4/c1-3-5-7-9-11-13-15-17-19-20-21-22-23-24-25-26-27-29-31-33-35-37-39-41-43-50-45-46(44-48)51-47(49)42-40-38-36-34-32-30-28-18-16-14-12-10-8-6-4-2/h6,8,12,14-15,17-18,20-21,23-24,28,32,34,46,48H,3-5,7,9-11,13,16,19,22,25-27,29-31,33,35-45H2,1-2H3/b8-6-,14-12-,17-15-,21-20-,24-23-,28-18-,34-32-. The van der Waals surface area contributed by atoms with Crippen molar-refractivity contribution in [1.29, 1.82) is 0 Å². The van der Waals surface area contributed by atoms with Crippen LogP contribution >= 0.6 is 0 Å². The second-order valence-corrected chi connectivity index (χ2v) is 13.7. The van der Waals surface area contributed by atoms with Crippen LogP contribution in [0.5, 0.6) is 0 Å². The van der Waals surface area contributed by atoms with E-state index in [0.29, 0.717) is 13.0 Å². The lowest BCUT2D eigenvalue weighted by Gasteiger charge is -2.15. The summed E-state index contributed by atoms with van der Waals surface area (Å²) in [6.07, 6.45) is 60.7. The Hall–Kier alpha value is -2.43. The molecule has 0 amide bonds. The fourth-order valence-electron chi connectivity index (χ4n) is 5.56. The molecule has 0 saturated heterocycles. The van der Waals surface area contributed by atoms with Crippen molar-refractivity contribution in [3.8, 4) is 0 Å². The first-order chi connectivity index (χ1) is 25.2. The van der Waals surface area contributed by atoms with Crippen molar-refractivity contribution in [1.82, 2.24) is 0 Å². The number of aliphatic hydroxyl groups excluding tert-OH is 1. The topological polar surface area (TPSA) is 55.8 Å². The zero-order valence-electron chi connectivity index (χ0n) is 33.3. The molecule has 4 heteroatoms. The van der Waals surface area contributed by atoms with Gasteiger partial charge in [-0.15, -0.1) is 0 Å². The van der Waals surface area contributed by atoms with Gasteiger partial charge in [-0.2, -0.15) is 0 Å². The van der Waals surface area contributed by atoms with Crippen LogP contribution in [0.2, 0.25) is 0 Å². The molecule has 0 aromatic rings. The number of carbonyl (C=O) groups is 1. The van der Waals surface area contributed by atoms with E-state index in [1.807, 2.05) is 0 Å². The van der Waals surface area contributed by atoms with Gasteiger partial charge in [-0.25, -0.2) is 0 Å². The molecule has 0 aromatic heterocycles. The first-order valence-electron chi connectivity index (χ1n) is 21.2. The van der Waals surface area contributed by atoms with E-state index in [1.54, 1.807) is 0 Å². The number of unbranched alkanes of at least 4 members (excludes halogenated alkanes) is 16. The zero-order chi connectivity index (χ0) is 37.0. The monoisotopic (exact) mass is 709 g/mol. The van der Waals surface area contributed by atoms with Crippen molar-refractivity contribution >= 4 is 5.97 Å². The van der Waals surface area contributed by atoms with Gasteiger partial charge in [-0.1, -0.05) is 170 Å². The lowest BCUT2D eigenvalue weighted by molar-refractivity contribution is -0.154. The van der Waals surface area contributed by atoms with E-state index in [2.05, 4.69) is 98.9 Å². The van der Waals surface area contributed by atoms with Crippen LogP contribution in [-0.2, 0) is 14.3 Å². The minimum absolute atomic E-state index is 0.196. The number of carbonyl (C=O) groups excluding carboxylic acids is 1. The third kappa shape index (κ3) is 41.9. The first kappa shape index (κ1) is 48.6. The molecule has 0 fully saturated rings. The lowest BCUT2D eigenvalue weighted by atomic mass is 10.1. The molecular weight excluding hydrogens is 629 g/mol. The maximum Gasteiger partial charge on any atom is 0.306 e. The third-order valence-corrected chi connectivity index (χ3v) is 8.70. The summed E-state index contributed by atoms with van der Waals surface area (Å²) in [7, 11) is 0. The van der Waals surface area contributed by atoms with Crippen molar-refractivity contribution in [3.63, 3.8) is 0 Å². The van der Waals surface area contributed by atoms with Crippen molar-refractivity contribution in [2.75, 3.05) is 19.8 Å². The molecule has 1 unspecified atom stereocenters. The van der Waals surface area contributed by atoms with Crippen LogP contribution in [-0.4, -0.2) is 37.0 Å². The van der Waals surface area contributed by atoms with Crippen LogP contribution in [0.25, 0.3) is 0 Å². The maximum atomic E-state index is 12.2.